The number of hydrogen-bond acceptors (Lipinski definition) is 5. The Bertz CT molecular complexity index is 1050. The summed E-state index contributed by atoms with van der Waals surface area (Å²) in [6, 6.07) is 4.84. The zero-order valence-corrected chi connectivity index (χ0v) is 21.9. The normalized spacial score (nSPS) is 21.7. The van der Waals surface area contributed by atoms with Gasteiger partial charge in [-0.2, -0.15) is 0 Å². The van der Waals surface area contributed by atoms with Gasteiger partial charge >= 0.3 is 0 Å². The van der Waals surface area contributed by atoms with Crippen LogP contribution in [0.3, 0.4) is 0 Å². The van der Waals surface area contributed by atoms with E-state index in [-0.39, 0.29) is 42.6 Å². The number of sulfonamides is 1. The number of nitrogens with zero attached hydrogens (tertiary/aromatic N) is 3. The topological polar surface area (TPSA) is 98.2 Å². The largest absolute Gasteiger partial charge is 0.342 e. The fourth-order valence-corrected chi connectivity index (χ4v) is 7.86. The molecule has 1 aromatic carbocycles. The molecular formula is C26H38FN3O5S. The molecular weight excluding hydrogens is 485 g/mol. The Morgan fingerprint density at radius 1 is 1.17 bits per heavy atom. The summed E-state index contributed by atoms with van der Waals surface area (Å²) in [5.41, 5.74) is 0.824. The minimum atomic E-state index is -3.72. The smallest absolute Gasteiger partial charge is 0.233 e. The third-order valence-electron chi connectivity index (χ3n) is 8.59. The van der Waals surface area contributed by atoms with E-state index in [0.29, 0.717) is 37.2 Å². The van der Waals surface area contributed by atoms with E-state index in [1.54, 1.807) is 4.90 Å². The molecule has 2 saturated heterocycles. The van der Waals surface area contributed by atoms with E-state index < -0.39 is 15.6 Å². The number of hydroxylamine groups is 2. The second-order valence-corrected chi connectivity index (χ2v) is 12.8. The van der Waals surface area contributed by atoms with Crippen molar-refractivity contribution in [2.75, 3.05) is 31.9 Å². The Morgan fingerprint density at radius 3 is 2.39 bits per heavy atom. The van der Waals surface area contributed by atoms with Crippen LogP contribution in [-0.4, -0.2) is 77.7 Å². The number of hydrogen-bond donors (Lipinski definition) is 1. The summed E-state index contributed by atoms with van der Waals surface area (Å²) in [5.74, 6) is -0.0312. The molecule has 8 nitrogen and oxygen atoms in total. The van der Waals surface area contributed by atoms with Gasteiger partial charge in [-0.3, -0.25) is 14.8 Å². The summed E-state index contributed by atoms with van der Waals surface area (Å²) in [7, 11) is -3.72. The van der Waals surface area contributed by atoms with Crippen molar-refractivity contribution in [2.45, 2.75) is 70.3 Å². The first-order chi connectivity index (χ1) is 17.1. The summed E-state index contributed by atoms with van der Waals surface area (Å²) < 4.78 is 41.6. The SMILES string of the molecule is Cc1cc(F)ccc1CCC1CCN(S(=O)(=O)CC2(N(O)C=O)CCN(C(=O)C3CCC3)CC2)CC1. The van der Waals surface area contributed by atoms with Crippen LogP contribution in [0.4, 0.5) is 4.39 Å². The molecule has 4 rings (SSSR count). The van der Waals surface area contributed by atoms with Crippen LogP contribution in [0.5, 0.6) is 0 Å². The Balaban J connectivity index is 1.32. The van der Waals surface area contributed by atoms with Gasteiger partial charge in [0.2, 0.25) is 22.3 Å². The molecule has 3 aliphatic rings. The Morgan fingerprint density at radius 2 is 1.83 bits per heavy atom. The predicted octanol–water partition coefficient (Wildman–Crippen LogP) is 3.12. The van der Waals surface area contributed by atoms with Crippen LogP contribution in [0.1, 0.15) is 62.5 Å². The maximum absolute atomic E-state index is 13.4. The zero-order chi connectivity index (χ0) is 25.9. The number of carbonyl (C=O) groups excluding carboxylic acids is 2. The summed E-state index contributed by atoms with van der Waals surface area (Å²) in [6.45, 7) is 3.39. The van der Waals surface area contributed by atoms with Crippen LogP contribution in [0, 0.1) is 24.6 Å². The molecule has 1 saturated carbocycles. The lowest BCUT2D eigenvalue weighted by Gasteiger charge is -2.46. The maximum Gasteiger partial charge on any atom is 0.233 e. The molecule has 10 heteroatoms. The van der Waals surface area contributed by atoms with E-state index in [2.05, 4.69) is 0 Å². The molecule has 1 aliphatic carbocycles. The number of amides is 2. The Kier molecular flexibility index (Phi) is 8.36. The average molecular weight is 524 g/mol. The van der Waals surface area contributed by atoms with Gasteiger partial charge in [0, 0.05) is 32.1 Å². The monoisotopic (exact) mass is 523 g/mol. The molecule has 1 aromatic rings. The lowest BCUT2D eigenvalue weighted by Crippen LogP contribution is -2.60. The highest BCUT2D eigenvalue weighted by Gasteiger charge is 2.46. The van der Waals surface area contributed by atoms with Crippen molar-refractivity contribution >= 4 is 22.3 Å². The maximum atomic E-state index is 13.4. The molecule has 2 aliphatic heterocycles. The van der Waals surface area contributed by atoms with Crippen LogP contribution in [0.2, 0.25) is 0 Å². The van der Waals surface area contributed by atoms with E-state index in [9.17, 15) is 27.6 Å². The highest BCUT2D eigenvalue weighted by molar-refractivity contribution is 7.89. The van der Waals surface area contributed by atoms with Crippen LogP contribution >= 0.6 is 0 Å². The highest BCUT2D eigenvalue weighted by Crippen LogP contribution is 2.34. The molecule has 2 amide bonds. The predicted molar refractivity (Wildman–Crippen MR) is 133 cm³/mol. The van der Waals surface area contributed by atoms with E-state index in [0.717, 1.165) is 56.1 Å². The number of aryl methyl sites for hydroxylation is 2. The Hall–Kier alpha value is -2.04. The minimum absolute atomic E-state index is 0.0609. The van der Waals surface area contributed by atoms with Gasteiger partial charge in [0.15, 0.2) is 0 Å². The van der Waals surface area contributed by atoms with Gasteiger partial charge in [-0.1, -0.05) is 12.5 Å². The van der Waals surface area contributed by atoms with Crippen molar-refractivity contribution in [3.05, 3.63) is 35.1 Å². The lowest BCUT2D eigenvalue weighted by atomic mass is 9.82. The minimum Gasteiger partial charge on any atom is -0.342 e. The number of benzene rings is 1. The van der Waals surface area contributed by atoms with Gasteiger partial charge in [-0.15, -0.1) is 0 Å². The zero-order valence-electron chi connectivity index (χ0n) is 21.1. The molecule has 3 fully saturated rings. The van der Waals surface area contributed by atoms with Crippen molar-refractivity contribution in [3.8, 4) is 0 Å². The van der Waals surface area contributed by atoms with Gasteiger partial charge in [-0.05, 0) is 87.5 Å². The van der Waals surface area contributed by atoms with Gasteiger partial charge in [-0.25, -0.2) is 22.2 Å². The molecule has 0 spiro atoms. The van der Waals surface area contributed by atoms with E-state index >= 15 is 0 Å². The summed E-state index contributed by atoms with van der Waals surface area (Å²) >= 11 is 0. The number of rotatable bonds is 9. The van der Waals surface area contributed by atoms with Crippen LogP contribution in [0.15, 0.2) is 18.2 Å². The second kappa shape index (κ2) is 11.1. The number of likely N-dealkylation sites (tertiary alicyclic amines) is 1. The molecule has 1 N–H and O–H groups in total. The first-order valence-corrected chi connectivity index (χ1v) is 14.7. The highest BCUT2D eigenvalue weighted by atomic mass is 32.2. The molecule has 0 atom stereocenters. The molecule has 0 aromatic heterocycles. The second-order valence-electron chi connectivity index (χ2n) is 10.8. The van der Waals surface area contributed by atoms with Crippen LogP contribution in [-0.2, 0) is 26.0 Å². The summed E-state index contributed by atoms with van der Waals surface area (Å²) in [4.78, 5) is 25.9. The van der Waals surface area contributed by atoms with Crippen molar-refractivity contribution in [2.24, 2.45) is 11.8 Å². The lowest BCUT2D eigenvalue weighted by molar-refractivity contribution is -0.184. The third kappa shape index (κ3) is 5.92. The summed E-state index contributed by atoms with van der Waals surface area (Å²) in [5, 5.41) is 10.9. The number of piperidine rings is 2. The van der Waals surface area contributed by atoms with Gasteiger partial charge in [0.05, 0.1) is 11.3 Å². The first kappa shape index (κ1) is 27.0. The number of carbonyl (C=O) groups is 2. The fourth-order valence-electron chi connectivity index (χ4n) is 5.81. The van der Waals surface area contributed by atoms with Crippen molar-refractivity contribution in [3.63, 3.8) is 0 Å². The third-order valence-corrected chi connectivity index (χ3v) is 10.6. The molecule has 200 valence electrons. The van der Waals surface area contributed by atoms with Crippen LogP contribution < -0.4 is 0 Å². The van der Waals surface area contributed by atoms with E-state index in [1.165, 1.54) is 16.4 Å². The fraction of sp³-hybridized carbons (Fsp3) is 0.692. The van der Waals surface area contributed by atoms with Crippen molar-refractivity contribution in [1.82, 2.24) is 14.3 Å². The van der Waals surface area contributed by atoms with Crippen molar-refractivity contribution < 1.29 is 27.6 Å². The van der Waals surface area contributed by atoms with Gasteiger partial charge < -0.3 is 4.90 Å². The first-order valence-electron chi connectivity index (χ1n) is 13.1. The van der Waals surface area contributed by atoms with E-state index in [4.69, 9.17) is 0 Å². The number of halogens is 1. The Labute approximate surface area is 213 Å². The standard InChI is InChI=1S/C26H38FN3O5S/c1-20-17-24(27)8-7-22(20)6-5-21-9-13-29(14-10-21)36(34,35)18-26(30(33)19-31)11-15-28(16-12-26)25(32)23-3-2-4-23/h7-8,17,19,21,23,33H,2-6,9-16,18H2,1H3. The van der Waals surface area contributed by atoms with Gasteiger partial charge in [0.25, 0.3) is 0 Å². The quantitative estimate of drug-likeness (QED) is 0.305. The molecule has 0 unspecified atom stereocenters. The van der Waals surface area contributed by atoms with Crippen molar-refractivity contribution in [1.29, 1.82) is 0 Å². The summed E-state index contributed by atoms with van der Waals surface area (Å²) in [6.07, 6.45) is 6.84. The van der Waals surface area contributed by atoms with Crippen LogP contribution in [0.25, 0.3) is 0 Å². The molecule has 0 bridgehead atoms. The van der Waals surface area contributed by atoms with Gasteiger partial charge in [0.1, 0.15) is 5.82 Å². The molecule has 2 heterocycles. The molecule has 0 radical (unpaired) electrons. The average Bonchev–Trinajstić information content (AvgIpc) is 2.82. The molecule has 36 heavy (non-hydrogen) atoms. The van der Waals surface area contributed by atoms with E-state index in [1.807, 2.05) is 13.0 Å².